The monoisotopic (exact) mass is 286 g/mol. The lowest BCUT2D eigenvalue weighted by Gasteiger charge is -2.18. The van der Waals surface area contributed by atoms with Crippen molar-refractivity contribution in [2.45, 2.75) is 32.5 Å². The zero-order valence-corrected chi connectivity index (χ0v) is 10.9. The molecule has 2 aromatic rings. The summed E-state index contributed by atoms with van der Waals surface area (Å²) in [5, 5.41) is 8.96. The second-order valence-electron chi connectivity index (χ2n) is 4.71. The Morgan fingerprint density at radius 1 is 1.45 bits per heavy atom. The first-order chi connectivity index (χ1) is 9.19. The maximum Gasteiger partial charge on any atom is 0.391 e. The average molecular weight is 286 g/mol. The van der Waals surface area contributed by atoms with Crippen molar-refractivity contribution >= 4 is 17.0 Å². The molecular weight excluding hydrogens is 273 g/mol. The fraction of sp³-hybridized carbons (Fsp3) is 0.385. The summed E-state index contributed by atoms with van der Waals surface area (Å²) in [6, 6.07) is 3.40. The maximum absolute atomic E-state index is 12.5. The zero-order chi connectivity index (χ0) is 15.1. The highest BCUT2D eigenvalue weighted by molar-refractivity contribution is 5.92. The third-order valence-corrected chi connectivity index (χ3v) is 3.08. The van der Waals surface area contributed by atoms with E-state index in [4.69, 9.17) is 5.11 Å². The van der Waals surface area contributed by atoms with E-state index < -0.39 is 24.6 Å². The Labute approximate surface area is 112 Å². The molecule has 1 atom stereocenters. The molecule has 1 aromatic carbocycles. The van der Waals surface area contributed by atoms with E-state index in [9.17, 15) is 18.0 Å². The molecule has 0 radical (unpaired) electrons. The van der Waals surface area contributed by atoms with Crippen LogP contribution in [0.25, 0.3) is 11.0 Å². The van der Waals surface area contributed by atoms with E-state index in [1.165, 1.54) is 29.7 Å². The number of aromatic carboxylic acids is 1. The molecule has 0 aliphatic rings. The largest absolute Gasteiger partial charge is 0.478 e. The number of hydrogen-bond donors (Lipinski definition) is 1. The second kappa shape index (κ2) is 4.81. The van der Waals surface area contributed by atoms with E-state index in [0.717, 1.165) is 0 Å². The van der Waals surface area contributed by atoms with Crippen LogP contribution >= 0.6 is 0 Å². The molecule has 1 N–H and O–H groups in total. The van der Waals surface area contributed by atoms with E-state index in [-0.39, 0.29) is 5.56 Å². The van der Waals surface area contributed by atoms with E-state index in [1.807, 2.05) is 0 Å². The fourth-order valence-electron chi connectivity index (χ4n) is 2.33. The van der Waals surface area contributed by atoms with Gasteiger partial charge < -0.3 is 9.67 Å². The van der Waals surface area contributed by atoms with Gasteiger partial charge in [-0.2, -0.15) is 13.2 Å². The molecular formula is C13H13F3N2O2. The lowest BCUT2D eigenvalue weighted by Crippen LogP contribution is -2.17. The van der Waals surface area contributed by atoms with Gasteiger partial charge in [0.15, 0.2) is 0 Å². The van der Waals surface area contributed by atoms with E-state index in [2.05, 4.69) is 4.98 Å². The summed E-state index contributed by atoms with van der Waals surface area (Å²) in [6.07, 6.45) is -5.27. The van der Waals surface area contributed by atoms with Gasteiger partial charge in [0.25, 0.3) is 0 Å². The number of aromatic nitrogens is 2. The molecule has 1 heterocycles. The smallest absolute Gasteiger partial charge is 0.391 e. The molecule has 0 amide bonds. The predicted octanol–water partition coefficient (Wildman–Crippen LogP) is 3.56. The molecule has 0 saturated heterocycles. The minimum Gasteiger partial charge on any atom is -0.478 e. The number of carbonyl (C=O) groups is 1. The molecule has 1 unspecified atom stereocenters. The number of fused-ring (bicyclic) bond motifs is 1. The highest BCUT2D eigenvalue weighted by Gasteiger charge is 2.31. The van der Waals surface area contributed by atoms with E-state index >= 15 is 0 Å². The first kappa shape index (κ1) is 14.4. The zero-order valence-electron chi connectivity index (χ0n) is 10.9. The van der Waals surface area contributed by atoms with Crippen molar-refractivity contribution < 1.29 is 23.1 Å². The lowest BCUT2D eigenvalue weighted by atomic mass is 10.1. The number of alkyl halides is 3. The van der Waals surface area contributed by atoms with Gasteiger partial charge in [-0.3, -0.25) is 0 Å². The Hall–Kier alpha value is -2.05. The number of aryl methyl sites for hydroxylation is 1. The predicted molar refractivity (Wildman–Crippen MR) is 66.8 cm³/mol. The summed E-state index contributed by atoms with van der Waals surface area (Å²) >= 11 is 0. The van der Waals surface area contributed by atoms with Crippen LogP contribution in [0.3, 0.4) is 0 Å². The Kier molecular flexibility index (Phi) is 3.45. The number of carboxylic acids is 1. The average Bonchev–Trinajstić information content (AvgIpc) is 2.61. The Morgan fingerprint density at radius 3 is 2.65 bits per heavy atom. The standard InChI is InChI=1S/C13H13F3N2O2/c1-7(6-13(14,15)16)18-8(2)17-10-4-3-9(12(19)20)5-11(10)18/h3-5,7H,6H2,1-2H3,(H,19,20). The quantitative estimate of drug-likeness (QED) is 0.938. The van der Waals surface area contributed by atoms with Gasteiger partial charge in [0.2, 0.25) is 0 Å². The Balaban J connectivity index is 2.53. The van der Waals surface area contributed by atoms with Crippen LogP contribution in [0.1, 0.15) is 35.6 Å². The van der Waals surface area contributed by atoms with Gasteiger partial charge in [-0.25, -0.2) is 9.78 Å². The SMILES string of the molecule is Cc1nc2ccc(C(=O)O)cc2n1C(C)CC(F)(F)F. The van der Waals surface area contributed by atoms with Gasteiger partial charge in [-0.05, 0) is 32.0 Å². The van der Waals surface area contributed by atoms with Crippen molar-refractivity contribution in [3.8, 4) is 0 Å². The van der Waals surface area contributed by atoms with Crippen LogP contribution in [0.15, 0.2) is 18.2 Å². The molecule has 108 valence electrons. The summed E-state index contributed by atoms with van der Waals surface area (Å²) in [5.74, 6) is -0.694. The second-order valence-corrected chi connectivity index (χ2v) is 4.71. The number of halogens is 3. The normalized spacial score (nSPS) is 13.7. The molecule has 4 nitrogen and oxygen atoms in total. The molecule has 0 spiro atoms. The molecule has 0 aliphatic heterocycles. The van der Waals surface area contributed by atoms with Crippen LogP contribution in [-0.2, 0) is 0 Å². The number of imidazole rings is 1. The first-order valence-electron chi connectivity index (χ1n) is 5.97. The molecule has 7 heteroatoms. The van der Waals surface area contributed by atoms with Crippen LogP contribution < -0.4 is 0 Å². The topological polar surface area (TPSA) is 55.1 Å². The molecule has 0 fully saturated rings. The fourth-order valence-corrected chi connectivity index (χ4v) is 2.33. The van der Waals surface area contributed by atoms with Crippen molar-refractivity contribution in [1.29, 1.82) is 0 Å². The Bertz CT molecular complexity index is 661. The minimum atomic E-state index is -4.28. The van der Waals surface area contributed by atoms with Crippen molar-refractivity contribution in [3.63, 3.8) is 0 Å². The number of hydrogen-bond acceptors (Lipinski definition) is 2. The maximum atomic E-state index is 12.5. The molecule has 0 aliphatic carbocycles. The van der Waals surface area contributed by atoms with Crippen LogP contribution in [0.2, 0.25) is 0 Å². The molecule has 2 rings (SSSR count). The van der Waals surface area contributed by atoms with Crippen LogP contribution in [-0.4, -0.2) is 26.8 Å². The Morgan fingerprint density at radius 2 is 2.10 bits per heavy atom. The van der Waals surface area contributed by atoms with Crippen molar-refractivity contribution in [2.24, 2.45) is 0 Å². The van der Waals surface area contributed by atoms with Gasteiger partial charge >= 0.3 is 12.1 Å². The number of carboxylic acid groups (broad SMARTS) is 1. The number of nitrogens with zero attached hydrogens (tertiary/aromatic N) is 2. The van der Waals surface area contributed by atoms with Crippen LogP contribution in [0.4, 0.5) is 13.2 Å². The third kappa shape index (κ3) is 2.76. The molecule has 0 bridgehead atoms. The molecule has 0 saturated carbocycles. The lowest BCUT2D eigenvalue weighted by molar-refractivity contribution is -0.141. The van der Waals surface area contributed by atoms with Crippen molar-refractivity contribution in [2.75, 3.05) is 0 Å². The van der Waals surface area contributed by atoms with Crippen LogP contribution in [0.5, 0.6) is 0 Å². The summed E-state index contributed by atoms with van der Waals surface area (Å²) in [6.45, 7) is 3.04. The highest BCUT2D eigenvalue weighted by atomic mass is 19.4. The molecule has 20 heavy (non-hydrogen) atoms. The summed E-state index contributed by atoms with van der Waals surface area (Å²) in [4.78, 5) is 15.1. The number of benzene rings is 1. The van der Waals surface area contributed by atoms with Gasteiger partial charge in [-0.15, -0.1) is 0 Å². The third-order valence-electron chi connectivity index (χ3n) is 3.08. The first-order valence-corrected chi connectivity index (χ1v) is 5.97. The highest BCUT2D eigenvalue weighted by Crippen LogP contribution is 2.31. The van der Waals surface area contributed by atoms with Gasteiger partial charge in [0, 0.05) is 6.04 Å². The summed E-state index contributed by atoms with van der Waals surface area (Å²) < 4.78 is 39.0. The van der Waals surface area contributed by atoms with Crippen LogP contribution in [0, 0.1) is 6.92 Å². The van der Waals surface area contributed by atoms with Gasteiger partial charge in [0.1, 0.15) is 5.82 Å². The minimum absolute atomic E-state index is 0.0258. The molecule has 1 aromatic heterocycles. The van der Waals surface area contributed by atoms with Crippen molar-refractivity contribution in [3.05, 3.63) is 29.6 Å². The van der Waals surface area contributed by atoms with E-state index in [1.54, 1.807) is 6.92 Å². The number of rotatable bonds is 3. The van der Waals surface area contributed by atoms with Gasteiger partial charge in [-0.1, -0.05) is 0 Å². The summed E-state index contributed by atoms with van der Waals surface area (Å²) in [5.41, 5.74) is 0.915. The summed E-state index contributed by atoms with van der Waals surface area (Å²) in [7, 11) is 0. The van der Waals surface area contributed by atoms with E-state index in [0.29, 0.717) is 16.9 Å². The van der Waals surface area contributed by atoms with Gasteiger partial charge in [0.05, 0.1) is 23.0 Å². The van der Waals surface area contributed by atoms with Crippen molar-refractivity contribution in [1.82, 2.24) is 9.55 Å².